The Morgan fingerprint density at radius 3 is 2.42 bits per heavy atom. The molecule has 1 aliphatic rings. The highest BCUT2D eigenvalue weighted by molar-refractivity contribution is 7.89. The van der Waals surface area contributed by atoms with E-state index in [4.69, 9.17) is 23.2 Å². The van der Waals surface area contributed by atoms with Gasteiger partial charge >= 0.3 is 0 Å². The number of H-pyrrole nitrogens is 1. The lowest BCUT2D eigenvalue weighted by Crippen LogP contribution is -2.50. The molecule has 162 valence electrons. The van der Waals surface area contributed by atoms with Gasteiger partial charge < -0.3 is 9.88 Å². The van der Waals surface area contributed by atoms with Crippen LogP contribution in [-0.4, -0.2) is 59.6 Å². The van der Waals surface area contributed by atoms with Crippen molar-refractivity contribution in [3.8, 4) is 0 Å². The molecule has 0 aliphatic carbocycles. The molecule has 0 unspecified atom stereocenters. The molecule has 31 heavy (non-hydrogen) atoms. The normalized spacial score (nSPS) is 15.4. The van der Waals surface area contributed by atoms with Gasteiger partial charge in [-0.3, -0.25) is 14.9 Å². The highest BCUT2D eigenvalue weighted by atomic mass is 35.5. The van der Waals surface area contributed by atoms with Crippen LogP contribution in [0.5, 0.6) is 0 Å². The van der Waals surface area contributed by atoms with Crippen LogP contribution in [0.2, 0.25) is 10.0 Å². The van der Waals surface area contributed by atoms with Gasteiger partial charge in [0.25, 0.3) is 11.6 Å². The van der Waals surface area contributed by atoms with Gasteiger partial charge in [0.05, 0.1) is 9.95 Å². The number of rotatable bonds is 4. The molecule has 2 heterocycles. The number of para-hydroxylation sites is 1. The van der Waals surface area contributed by atoms with Crippen molar-refractivity contribution < 1.29 is 18.1 Å². The minimum atomic E-state index is -4.08. The fraction of sp³-hybridized carbons (Fsp3) is 0.211. The topological polar surface area (TPSA) is 117 Å². The van der Waals surface area contributed by atoms with E-state index in [0.29, 0.717) is 15.9 Å². The highest BCUT2D eigenvalue weighted by Crippen LogP contribution is 2.31. The van der Waals surface area contributed by atoms with Gasteiger partial charge in [-0.2, -0.15) is 4.31 Å². The van der Waals surface area contributed by atoms with E-state index >= 15 is 0 Å². The Morgan fingerprint density at radius 1 is 1.06 bits per heavy atom. The molecule has 1 amide bonds. The molecular weight excluding hydrogens is 467 g/mol. The van der Waals surface area contributed by atoms with Gasteiger partial charge in [-0.1, -0.05) is 35.3 Å². The van der Waals surface area contributed by atoms with Crippen molar-refractivity contribution in [1.82, 2.24) is 14.2 Å². The van der Waals surface area contributed by atoms with Crippen molar-refractivity contribution in [2.75, 3.05) is 26.2 Å². The number of hydrogen-bond acceptors (Lipinski definition) is 5. The molecule has 0 radical (unpaired) electrons. The van der Waals surface area contributed by atoms with Crippen LogP contribution >= 0.6 is 23.2 Å². The molecule has 9 nitrogen and oxygen atoms in total. The van der Waals surface area contributed by atoms with Crippen molar-refractivity contribution in [2.45, 2.75) is 4.90 Å². The first-order valence-corrected chi connectivity index (χ1v) is 11.4. The summed E-state index contributed by atoms with van der Waals surface area (Å²) in [6, 6.07) is 10.3. The number of piperazine rings is 1. The lowest BCUT2D eigenvalue weighted by atomic mass is 10.2. The standard InChI is InChI=1S/C19H16Cl2N4O5S/c20-12-5-6-14-13(11-12)17(21)18(22-14)19(26)23-7-9-24(10-8-23)31(29,30)16-4-2-1-3-15(16)25(27)28/h1-6,11,22H,7-10H2. The van der Waals surface area contributed by atoms with Crippen LogP contribution in [0.25, 0.3) is 10.9 Å². The Hall–Kier alpha value is -2.66. The zero-order valence-electron chi connectivity index (χ0n) is 15.9. The zero-order valence-corrected chi connectivity index (χ0v) is 18.2. The second kappa shape index (κ2) is 8.12. The summed E-state index contributed by atoms with van der Waals surface area (Å²) in [6.45, 7) is 0.240. The number of nitrogens with one attached hydrogen (secondary N) is 1. The SMILES string of the molecule is O=C(c1[nH]c2ccc(Cl)cc2c1Cl)N1CCN(S(=O)(=O)c2ccccc2[N+](=O)[O-])CC1. The van der Waals surface area contributed by atoms with Crippen molar-refractivity contribution in [3.63, 3.8) is 0 Å². The number of aromatic amines is 1. The molecule has 12 heteroatoms. The Balaban J connectivity index is 1.53. The number of hydrogen-bond donors (Lipinski definition) is 1. The number of carbonyl (C=O) groups is 1. The predicted molar refractivity (Wildman–Crippen MR) is 116 cm³/mol. The maximum atomic E-state index is 13.0. The number of aromatic nitrogens is 1. The van der Waals surface area contributed by atoms with E-state index in [-0.39, 0.29) is 47.7 Å². The maximum absolute atomic E-state index is 13.0. The Morgan fingerprint density at radius 2 is 1.74 bits per heavy atom. The minimum absolute atomic E-state index is 0.00377. The summed E-state index contributed by atoms with van der Waals surface area (Å²) in [7, 11) is -4.08. The average molecular weight is 483 g/mol. The van der Waals surface area contributed by atoms with E-state index in [1.807, 2.05) is 0 Å². The van der Waals surface area contributed by atoms with Crippen LogP contribution in [0.3, 0.4) is 0 Å². The summed E-state index contributed by atoms with van der Waals surface area (Å²) in [6.07, 6.45) is 0. The largest absolute Gasteiger partial charge is 0.349 e. The van der Waals surface area contributed by atoms with Gasteiger partial charge in [-0.15, -0.1) is 0 Å². The Labute approximate surface area is 187 Å². The third-order valence-electron chi connectivity index (χ3n) is 5.12. The number of fused-ring (bicyclic) bond motifs is 1. The molecule has 1 aliphatic heterocycles. The molecule has 0 spiro atoms. The van der Waals surface area contributed by atoms with Crippen LogP contribution in [0, 0.1) is 10.1 Å². The Kier molecular flexibility index (Phi) is 5.65. The third-order valence-corrected chi connectivity index (χ3v) is 7.69. The highest BCUT2D eigenvalue weighted by Gasteiger charge is 2.35. The van der Waals surface area contributed by atoms with E-state index in [2.05, 4.69) is 4.98 Å². The number of nitrogens with zero attached hydrogens (tertiary/aromatic N) is 3. The molecule has 0 saturated carbocycles. The van der Waals surface area contributed by atoms with Crippen molar-refractivity contribution in [3.05, 3.63) is 68.3 Å². The van der Waals surface area contributed by atoms with E-state index in [1.165, 1.54) is 23.1 Å². The van der Waals surface area contributed by atoms with E-state index < -0.39 is 20.6 Å². The predicted octanol–water partition coefficient (Wildman–Crippen LogP) is 3.53. The first-order chi connectivity index (χ1) is 14.7. The van der Waals surface area contributed by atoms with E-state index in [9.17, 15) is 23.3 Å². The summed E-state index contributed by atoms with van der Waals surface area (Å²) >= 11 is 12.4. The molecule has 1 aromatic heterocycles. The second-order valence-corrected chi connectivity index (χ2v) is 9.65. The van der Waals surface area contributed by atoms with Crippen LogP contribution in [0.1, 0.15) is 10.5 Å². The number of nitro groups is 1. The first-order valence-electron chi connectivity index (χ1n) is 9.19. The average Bonchev–Trinajstić information content (AvgIpc) is 3.09. The molecule has 1 saturated heterocycles. The first kappa shape index (κ1) is 21.6. The van der Waals surface area contributed by atoms with Gasteiger partial charge in [0.1, 0.15) is 5.69 Å². The molecule has 1 N–H and O–H groups in total. The van der Waals surface area contributed by atoms with Crippen molar-refractivity contribution >= 4 is 55.7 Å². The van der Waals surface area contributed by atoms with Crippen molar-refractivity contribution in [1.29, 1.82) is 0 Å². The molecule has 0 atom stereocenters. The summed E-state index contributed by atoms with van der Waals surface area (Å²) in [5, 5.41) is 12.6. The summed E-state index contributed by atoms with van der Waals surface area (Å²) in [4.78, 5) is 27.6. The Bertz CT molecular complexity index is 1300. The summed E-state index contributed by atoms with van der Waals surface area (Å²) < 4.78 is 27.0. The van der Waals surface area contributed by atoms with Crippen LogP contribution < -0.4 is 0 Å². The number of carbonyl (C=O) groups excluding carboxylic acids is 1. The molecular formula is C19H16Cl2N4O5S. The monoisotopic (exact) mass is 482 g/mol. The smallest absolute Gasteiger partial charge is 0.289 e. The maximum Gasteiger partial charge on any atom is 0.289 e. The molecule has 2 aromatic carbocycles. The van der Waals surface area contributed by atoms with Gasteiger partial charge in [-0.25, -0.2) is 8.42 Å². The number of amides is 1. The lowest BCUT2D eigenvalue weighted by molar-refractivity contribution is -0.387. The number of nitro benzene ring substituents is 1. The number of benzene rings is 2. The van der Waals surface area contributed by atoms with Crippen LogP contribution in [-0.2, 0) is 10.0 Å². The number of halogens is 2. The lowest BCUT2D eigenvalue weighted by Gasteiger charge is -2.33. The zero-order chi connectivity index (χ0) is 22.3. The summed E-state index contributed by atoms with van der Waals surface area (Å²) in [5.74, 6) is -0.361. The quantitative estimate of drug-likeness (QED) is 0.450. The van der Waals surface area contributed by atoms with E-state index in [0.717, 1.165) is 10.4 Å². The van der Waals surface area contributed by atoms with Crippen molar-refractivity contribution in [2.24, 2.45) is 0 Å². The van der Waals surface area contributed by atoms with Gasteiger partial charge in [-0.05, 0) is 24.3 Å². The molecule has 3 aromatic rings. The third kappa shape index (κ3) is 3.87. The second-order valence-electron chi connectivity index (χ2n) is 6.93. The fourth-order valence-electron chi connectivity index (χ4n) is 3.53. The summed E-state index contributed by atoms with van der Waals surface area (Å²) in [5.41, 5.74) is 0.383. The van der Waals surface area contributed by atoms with Crippen LogP contribution in [0.4, 0.5) is 5.69 Å². The van der Waals surface area contributed by atoms with E-state index in [1.54, 1.807) is 18.2 Å². The molecule has 4 rings (SSSR count). The van der Waals surface area contributed by atoms with Gasteiger partial charge in [0.15, 0.2) is 4.90 Å². The van der Waals surface area contributed by atoms with Gasteiger partial charge in [0, 0.05) is 48.2 Å². The molecule has 0 bridgehead atoms. The fourth-order valence-corrected chi connectivity index (χ4v) is 5.57. The van der Waals surface area contributed by atoms with Crippen LogP contribution in [0.15, 0.2) is 47.4 Å². The minimum Gasteiger partial charge on any atom is -0.349 e. The number of sulfonamides is 1. The molecule has 1 fully saturated rings. The van der Waals surface area contributed by atoms with Gasteiger partial charge in [0.2, 0.25) is 10.0 Å².